The Balaban J connectivity index is 2.80. The molecule has 1 aromatic rings. The van der Waals surface area contributed by atoms with Crippen LogP contribution in [0, 0.1) is 17.6 Å². The van der Waals surface area contributed by atoms with Gasteiger partial charge in [0.2, 0.25) is 0 Å². The number of benzene rings is 1. The van der Waals surface area contributed by atoms with Crippen molar-refractivity contribution in [2.45, 2.75) is 19.4 Å². The van der Waals surface area contributed by atoms with Gasteiger partial charge in [-0.05, 0) is 23.6 Å². The number of hydrogen-bond donors (Lipinski definition) is 1. The molecule has 0 aliphatic heterocycles. The summed E-state index contributed by atoms with van der Waals surface area (Å²) < 4.78 is 30.3. The van der Waals surface area contributed by atoms with Crippen LogP contribution >= 0.6 is 0 Å². The number of methoxy groups -OCH3 is 1. The molecule has 94 valence electrons. The maximum absolute atomic E-state index is 12.9. The van der Waals surface area contributed by atoms with Crippen LogP contribution in [0.1, 0.15) is 25.0 Å². The molecule has 0 heterocycles. The average molecular weight is 244 g/mol. The highest BCUT2D eigenvalue weighted by Crippen LogP contribution is 2.25. The second kappa shape index (κ2) is 5.72. The number of hydrogen-bond acceptors (Lipinski definition) is 3. The van der Waals surface area contributed by atoms with E-state index in [1.54, 1.807) is 6.92 Å². The minimum absolute atomic E-state index is 0.0181. The van der Waals surface area contributed by atoms with Crippen LogP contribution in [0.2, 0.25) is 0 Å². The first-order valence-corrected chi connectivity index (χ1v) is 5.15. The van der Waals surface area contributed by atoms with Crippen LogP contribution < -0.4 is 0 Å². The van der Waals surface area contributed by atoms with Gasteiger partial charge in [0.25, 0.3) is 0 Å². The fourth-order valence-corrected chi connectivity index (χ4v) is 1.53. The minimum Gasteiger partial charge on any atom is -0.469 e. The van der Waals surface area contributed by atoms with E-state index in [0.717, 1.165) is 18.2 Å². The van der Waals surface area contributed by atoms with Crippen molar-refractivity contribution in [3.05, 3.63) is 35.4 Å². The number of halogens is 2. The van der Waals surface area contributed by atoms with Gasteiger partial charge in [0.05, 0.1) is 19.6 Å². The monoisotopic (exact) mass is 244 g/mol. The van der Waals surface area contributed by atoms with Crippen LogP contribution in [-0.2, 0) is 9.53 Å². The summed E-state index contributed by atoms with van der Waals surface area (Å²) >= 11 is 0. The lowest BCUT2D eigenvalue weighted by molar-refractivity contribution is -0.142. The lowest BCUT2D eigenvalue weighted by atomic mass is 9.94. The molecule has 0 fully saturated rings. The van der Waals surface area contributed by atoms with Crippen molar-refractivity contribution in [1.29, 1.82) is 0 Å². The summed E-state index contributed by atoms with van der Waals surface area (Å²) in [5, 5.41) is 9.84. The fourth-order valence-electron chi connectivity index (χ4n) is 1.53. The molecule has 0 spiro atoms. The summed E-state index contributed by atoms with van der Waals surface area (Å²) in [6, 6.07) is 2.81. The standard InChI is InChI=1S/C12H14F2O3/c1-7(3-11(15)17-2)12(16)8-4-9(13)6-10(14)5-8/h4-7,12,16H,3H2,1-2H3. The van der Waals surface area contributed by atoms with E-state index in [-0.39, 0.29) is 12.0 Å². The Morgan fingerprint density at radius 1 is 1.35 bits per heavy atom. The topological polar surface area (TPSA) is 46.5 Å². The Hall–Kier alpha value is -1.49. The van der Waals surface area contributed by atoms with E-state index in [1.165, 1.54) is 7.11 Å². The summed E-state index contributed by atoms with van der Waals surface area (Å²) in [5.41, 5.74) is 0.110. The second-order valence-electron chi connectivity index (χ2n) is 3.91. The van der Waals surface area contributed by atoms with Crippen molar-refractivity contribution in [3.63, 3.8) is 0 Å². The molecule has 1 N–H and O–H groups in total. The third kappa shape index (κ3) is 3.78. The molecule has 0 aliphatic carbocycles. The lowest BCUT2D eigenvalue weighted by Gasteiger charge is -2.18. The molecule has 0 amide bonds. The Morgan fingerprint density at radius 2 is 1.88 bits per heavy atom. The molecule has 0 radical (unpaired) electrons. The van der Waals surface area contributed by atoms with Crippen molar-refractivity contribution in [1.82, 2.24) is 0 Å². The van der Waals surface area contributed by atoms with Crippen molar-refractivity contribution in [2.24, 2.45) is 5.92 Å². The third-order valence-electron chi connectivity index (χ3n) is 2.48. The zero-order valence-electron chi connectivity index (χ0n) is 9.61. The Bertz CT molecular complexity index is 386. The van der Waals surface area contributed by atoms with Crippen LogP contribution in [0.3, 0.4) is 0 Å². The van der Waals surface area contributed by atoms with Crippen LogP contribution in [0.4, 0.5) is 8.78 Å². The van der Waals surface area contributed by atoms with Gasteiger partial charge in [0, 0.05) is 6.07 Å². The first-order valence-electron chi connectivity index (χ1n) is 5.15. The molecule has 0 saturated carbocycles. The fraction of sp³-hybridized carbons (Fsp3) is 0.417. The molecule has 0 aromatic heterocycles. The number of aliphatic hydroxyl groups excluding tert-OH is 1. The van der Waals surface area contributed by atoms with Crippen molar-refractivity contribution in [2.75, 3.05) is 7.11 Å². The molecule has 3 nitrogen and oxygen atoms in total. The van der Waals surface area contributed by atoms with Crippen molar-refractivity contribution < 1.29 is 23.4 Å². The Morgan fingerprint density at radius 3 is 2.35 bits per heavy atom. The van der Waals surface area contributed by atoms with Crippen LogP contribution in [-0.4, -0.2) is 18.2 Å². The first-order chi connectivity index (χ1) is 7.93. The highest BCUT2D eigenvalue weighted by atomic mass is 19.1. The zero-order valence-corrected chi connectivity index (χ0v) is 9.61. The van der Waals surface area contributed by atoms with E-state index in [0.29, 0.717) is 0 Å². The van der Waals surface area contributed by atoms with E-state index in [9.17, 15) is 18.7 Å². The third-order valence-corrected chi connectivity index (χ3v) is 2.48. The smallest absolute Gasteiger partial charge is 0.305 e. The van der Waals surface area contributed by atoms with Gasteiger partial charge in [-0.25, -0.2) is 8.78 Å². The molecule has 0 aliphatic rings. The molecular weight excluding hydrogens is 230 g/mol. The van der Waals surface area contributed by atoms with Gasteiger partial charge in [0.15, 0.2) is 0 Å². The van der Waals surface area contributed by atoms with Crippen molar-refractivity contribution in [3.8, 4) is 0 Å². The van der Waals surface area contributed by atoms with Crippen LogP contribution in [0.5, 0.6) is 0 Å². The Labute approximate surface area is 98.0 Å². The van der Waals surface area contributed by atoms with Crippen molar-refractivity contribution >= 4 is 5.97 Å². The average Bonchev–Trinajstić information content (AvgIpc) is 2.26. The predicted octanol–water partition coefficient (Wildman–Crippen LogP) is 2.20. The number of esters is 1. The number of carbonyl (C=O) groups is 1. The maximum Gasteiger partial charge on any atom is 0.305 e. The van der Waals surface area contributed by atoms with Crippen LogP contribution in [0.15, 0.2) is 18.2 Å². The number of aliphatic hydroxyl groups is 1. The van der Waals surface area contributed by atoms with Gasteiger partial charge in [-0.15, -0.1) is 0 Å². The maximum atomic E-state index is 12.9. The summed E-state index contributed by atoms with van der Waals surface area (Å²) in [6.45, 7) is 1.60. The SMILES string of the molecule is COC(=O)CC(C)C(O)c1cc(F)cc(F)c1. The normalized spacial score (nSPS) is 14.2. The van der Waals surface area contributed by atoms with E-state index >= 15 is 0 Å². The molecule has 0 bridgehead atoms. The van der Waals surface area contributed by atoms with E-state index in [4.69, 9.17) is 0 Å². The molecule has 1 aromatic carbocycles. The van der Waals surface area contributed by atoms with E-state index in [2.05, 4.69) is 4.74 Å². The van der Waals surface area contributed by atoms with Gasteiger partial charge < -0.3 is 9.84 Å². The van der Waals surface area contributed by atoms with Gasteiger partial charge in [-0.3, -0.25) is 4.79 Å². The minimum atomic E-state index is -1.11. The zero-order chi connectivity index (χ0) is 13.0. The van der Waals surface area contributed by atoms with Gasteiger partial charge in [-0.1, -0.05) is 6.92 Å². The molecule has 17 heavy (non-hydrogen) atoms. The summed E-state index contributed by atoms with van der Waals surface area (Å²) in [7, 11) is 1.24. The number of ether oxygens (including phenoxy) is 1. The largest absolute Gasteiger partial charge is 0.469 e. The summed E-state index contributed by atoms with van der Waals surface area (Å²) in [5.74, 6) is -2.48. The molecule has 2 unspecified atom stereocenters. The Kier molecular flexibility index (Phi) is 4.57. The van der Waals surface area contributed by atoms with Crippen LogP contribution in [0.25, 0.3) is 0 Å². The summed E-state index contributed by atoms with van der Waals surface area (Å²) in [4.78, 5) is 11.0. The second-order valence-corrected chi connectivity index (χ2v) is 3.91. The quantitative estimate of drug-likeness (QED) is 0.826. The molecular formula is C12H14F2O3. The molecule has 5 heteroatoms. The van der Waals surface area contributed by atoms with E-state index < -0.39 is 29.6 Å². The number of rotatable bonds is 4. The molecule has 2 atom stereocenters. The lowest BCUT2D eigenvalue weighted by Crippen LogP contribution is -2.15. The van der Waals surface area contributed by atoms with Gasteiger partial charge in [0.1, 0.15) is 11.6 Å². The predicted molar refractivity (Wildman–Crippen MR) is 57.1 cm³/mol. The molecule has 0 saturated heterocycles. The molecule has 1 rings (SSSR count). The van der Waals surface area contributed by atoms with Gasteiger partial charge >= 0.3 is 5.97 Å². The number of carbonyl (C=O) groups excluding carboxylic acids is 1. The van der Waals surface area contributed by atoms with E-state index in [1.807, 2.05) is 0 Å². The first kappa shape index (κ1) is 13.6. The highest BCUT2D eigenvalue weighted by Gasteiger charge is 2.20. The highest BCUT2D eigenvalue weighted by molar-refractivity contribution is 5.69. The summed E-state index contributed by atoms with van der Waals surface area (Å²) in [6.07, 6.45) is -1.13. The van der Waals surface area contributed by atoms with Gasteiger partial charge in [-0.2, -0.15) is 0 Å².